The Morgan fingerprint density at radius 3 is 2.74 bits per heavy atom. The number of nitrogen functional groups attached to an aromatic ring is 1. The zero-order valence-corrected chi connectivity index (χ0v) is 26.2. The third-order valence-electron chi connectivity index (χ3n) is 6.28. The Morgan fingerprint density at radius 1 is 1.33 bits per heavy atom. The Bertz CT molecular complexity index is 1470. The molecule has 0 aromatic carbocycles. The summed E-state index contributed by atoms with van der Waals surface area (Å²) < 4.78 is 3.84. The number of anilines is 1. The molecule has 2 aliphatic rings. The predicted molar refractivity (Wildman–Crippen MR) is 164 cm³/mol. The maximum atomic E-state index is 13.1. The highest BCUT2D eigenvalue weighted by atomic mass is 32.2. The van der Waals surface area contributed by atoms with E-state index in [0.717, 1.165) is 27.0 Å². The first-order chi connectivity index (χ1) is 20.5. The molecular weight excluding hydrogens is 639 g/mol. The molecule has 230 valence electrons. The summed E-state index contributed by atoms with van der Waals surface area (Å²) >= 11 is 4.88. The van der Waals surface area contributed by atoms with Gasteiger partial charge in [-0.1, -0.05) is 30.8 Å². The zero-order valence-electron chi connectivity index (χ0n) is 22.9. The number of thioether (sulfide) groups is 3. The van der Waals surface area contributed by atoms with Gasteiger partial charge in [0.15, 0.2) is 5.13 Å². The number of aromatic nitrogens is 3. The molecule has 1 saturated heterocycles. The van der Waals surface area contributed by atoms with Gasteiger partial charge in [0, 0.05) is 51.3 Å². The van der Waals surface area contributed by atoms with Crippen LogP contribution in [0.15, 0.2) is 39.0 Å². The number of carboxylic acids is 1. The first kappa shape index (κ1) is 32.5. The quantitative estimate of drug-likeness (QED) is 0.0561. The molecule has 8 N–H and O–H groups in total. The molecule has 0 bridgehead atoms. The van der Waals surface area contributed by atoms with E-state index in [1.165, 1.54) is 23.5 Å². The topological polar surface area (TPSA) is 239 Å². The van der Waals surface area contributed by atoms with Gasteiger partial charge in [0.2, 0.25) is 17.4 Å². The molecule has 4 rings (SSSR count). The lowest BCUT2D eigenvalue weighted by Gasteiger charge is -2.49. The number of aliphatic carboxylic acids is 1. The van der Waals surface area contributed by atoms with Crippen LogP contribution in [0, 0.1) is 5.92 Å². The van der Waals surface area contributed by atoms with E-state index in [-0.39, 0.29) is 34.2 Å². The van der Waals surface area contributed by atoms with E-state index in [1.54, 1.807) is 24.0 Å². The number of nitrogens with zero attached hydrogens (tertiary/aromatic N) is 5. The maximum Gasteiger partial charge on any atom is 0.353 e. The lowest BCUT2D eigenvalue weighted by atomic mass is 10.0. The lowest BCUT2D eigenvalue weighted by molar-refractivity contribution is -0.150. The van der Waals surface area contributed by atoms with Crippen molar-refractivity contribution in [3.8, 4) is 0 Å². The molecule has 2 aromatic rings. The minimum absolute atomic E-state index is 0.0375. The first-order valence-corrected chi connectivity index (χ1v) is 16.6. The Labute approximate surface area is 262 Å². The van der Waals surface area contributed by atoms with Crippen molar-refractivity contribution in [2.24, 2.45) is 16.8 Å². The van der Waals surface area contributed by atoms with Gasteiger partial charge in [-0.25, -0.2) is 4.79 Å². The predicted octanol–water partition coefficient (Wildman–Crippen LogP) is 0.515. The van der Waals surface area contributed by atoms with Crippen molar-refractivity contribution < 1.29 is 29.5 Å². The van der Waals surface area contributed by atoms with E-state index >= 15 is 0 Å². The van der Waals surface area contributed by atoms with Crippen LogP contribution in [0.5, 0.6) is 0 Å². The first-order valence-electron chi connectivity index (χ1n) is 12.8. The van der Waals surface area contributed by atoms with Gasteiger partial charge < -0.3 is 32.4 Å². The number of carbonyl (C=O) groups excluding carboxylic acids is 3. The van der Waals surface area contributed by atoms with E-state index in [2.05, 4.69) is 30.1 Å². The van der Waals surface area contributed by atoms with E-state index in [4.69, 9.17) is 11.5 Å². The standard InChI is InChI=1S/C24H29N9O6S4/c1-10(2)14(25)19(34)28-6-7-40-8-11-12(4-3-5-27-11)42-13-9-41-22-16(21(36)33(22)17(13)23(37)38)29-20(35)15(31-39)18-30-24(26)43-32-18/h3-5,10,14,16,22,39H,6-9,25H2,1-2H3,(H,28,34)(H,29,35)(H,37,38)(H2,26,30,32)/b31-15-/t14-,16?,22?/m0/s1. The zero-order chi connectivity index (χ0) is 31.3. The minimum atomic E-state index is -1.28. The molecule has 2 aliphatic heterocycles. The molecule has 0 saturated carbocycles. The van der Waals surface area contributed by atoms with Crippen molar-refractivity contribution >= 4 is 81.4 Å². The van der Waals surface area contributed by atoms with Gasteiger partial charge in [-0.05, 0) is 18.1 Å². The molecule has 4 heterocycles. The summed E-state index contributed by atoms with van der Waals surface area (Å²) in [6, 6.07) is 1.96. The normalized spacial score (nSPS) is 19.1. The van der Waals surface area contributed by atoms with Gasteiger partial charge in [0.05, 0.1) is 11.7 Å². The van der Waals surface area contributed by atoms with Crippen LogP contribution in [-0.4, -0.2) is 94.5 Å². The van der Waals surface area contributed by atoms with Crippen LogP contribution in [-0.2, 0) is 24.9 Å². The lowest BCUT2D eigenvalue weighted by Crippen LogP contribution is -2.71. The fourth-order valence-electron chi connectivity index (χ4n) is 4.00. The number of oxime groups is 1. The number of rotatable bonds is 13. The molecular formula is C24H29N9O6S4. The average molecular weight is 668 g/mol. The number of carbonyl (C=O) groups is 4. The van der Waals surface area contributed by atoms with Crippen LogP contribution < -0.4 is 22.1 Å². The van der Waals surface area contributed by atoms with Crippen LogP contribution in [0.4, 0.5) is 5.13 Å². The molecule has 0 radical (unpaired) electrons. The summed E-state index contributed by atoms with van der Waals surface area (Å²) in [5, 5.41) is 27.0. The van der Waals surface area contributed by atoms with Crippen LogP contribution in [0.1, 0.15) is 25.4 Å². The molecule has 43 heavy (non-hydrogen) atoms. The number of pyridine rings is 1. The van der Waals surface area contributed by atoms with Crippen LogP contribution in [0.2, 0.25) is 0 Å². The Balaban J connectivity index is 1.40. The summed E-state index contributed by atoms with van der Waals surface area (Å²) in [5.41, 5.74) is 11.4. The summed E-state index contributed by atoms with van der Waals surface area (Å²) in [5.74, 6) is -1.74. The SMILES string of the molecule is CC(C)[C@H](N)C(=O)NCCSCc1ncccc1SC1=C(C(=O)O)N2C(=O)C(NC(=O)/C(=N\O)c3nsc(N)n3)C2SC1. The number of carboxylic acid groups (broad SMARTS) is 1. The fourth-order valence-corrected chi connectivity index (χ4v) is 7.91. The molecule has 15 nitrogen and oxygen atoms in total. The highest BCUT2D eigenvalue weighted by Gasteiger charge is 2.54. The van der Waals surface area contributed by atoms with Crippen molar-refractivity contribution in [1.29, 1.82) is 0 Å². The maximum absolute atomic E-state index is 13.1. The third kappa shape index (κ3) is 7.40. The molecule has 3 amide bonds. The van der Waals surface area contributed by atoms with E-state index in [0.29, 0.717) is 23.0 Å². The molecule has 1 fully saturated rings. The average Bonchev–Trinajstić information content (AvgIpc) is 3.41. The van der Waals surface area contributed by atoms with Gasteiger partial charge >= 0.3 is 5.97 Å². The van der Waals surface area contributed by atoms with Gasteiger partial charge in [-0.2, -0.15) is 21.1 Å². The van der Waals surface area contributed by atoms with Crippen molar-refractivity contribution in [1.82, 2.24) is 29.9 Å². The molecule has 0 spiro atoms. The summed E-state index contributed by atoms with van der Waals surface area (Å²) in [4.78, 5) is 60.8. The minimum Gasteiger partial charge on any atom is -0.477 e. The number of fused-ring (bicyclic) bond motifs is 1. The van der Waals surface area contributed by atoms with Gasteiger partial charge in [0.1, 0.15) is 17.1 Å². The van der Waals surface area contributed by atoms with Crippen LogP contribution in [0.3, 0.4) is 0 Å². The van der Waals surface area contributed by atoms with Crippen molar-refractivity contribution in [2.45, 2.75) is 42.0 Å². The second kappa shape index (κ2) is 14.4. The Kier molecular flexibility index (Phi) is 10.9. The number of hydrogen-bond donors (Lipinski definition) is 6. The summed E-state index contributed by atoms with van der Waals surface area (Å²) in [6.07, 6.45) is 1.65. The number of hydrogen-bond acceptors (Lipinski definition) is 15. The second-order valence-electron chi connectivity index (χ2n) is 9.51. The second-order valence-corrected chi connectivity index (χ2v) is 13.6. The molecule has 2 unspecified atom stereocenters. The summed E-state index contributed by atoms with van der Waals surface area (Å²) in [7, 11) is 0. The van der Waals surface area contributed by atoms with Gasteiger partial charge in [0.25, 0.3) is 11.8 Å². The summed E-state index contributed by atoms with van der Waals surface area (Å²) in [6.45, 7) is 4.21. The highest BCUT2D eigenvalue weighted by molar-refractivity contribution is 8.06. The van der Waals surface area contributed by atoms with Gasteiger partial charge in [-0.3, -0.25) is 24.3 Å². The number of amides is 3. The van der Waals surface area contributed by atoms with Crippen molar-refractivity contribution in [3.63, 3.8) is 0 Å². The highest BCUT2D eigenvalue weighted by Crippen LogP contribution is 2.45. The van der Waals surface area contributed by atoms with E-state index in [9.17, 15) is 29.5 Å². The number of nitrogens with two attached hydrogens (primary N) is 2. The van der Waals surface area contributed by atoms with E-state index < -0.39 is 41.0 Å². The fraction of sp³-hybridized carbons (Fsp3) is 0.417. The third-order valence-corrected chi connectivity index (χ3v) is 10.4. The Hall–Kier alpha value is -3.39. The van der Waals surface area contributed by atoms with Crippen LogP contribution >= 0.6 is 46.8 Å². The largest absolute Gasteiger partial charge is 0.477 e. The Morgan fingerprint density at radius 2 is 2.09 bits per heavy atom. The number of β-lactam (4-membered cyclic amide) rings is 1. The van der Waals surface area contributed by atoms with Gasteiger partial charge in [-0.15, -0.1) is 11.8 Å². The van der Waals surface area contributed by atoms with Crippen molar-refractivity contribution in [3.05, 3.63) is 40.5 Å². The smallest absolute Gasteiger partial charge is 0.353 e. The number of nitrogens with one attached hydrogen (secondary N) is 2. The van der Waals surface area contributed by atoms with Crippen LogP contribution in [0.25, 0.3) is 0 Å². The monoisotopic (exact) mass is 667 g/mol. The van der Waals surface area contributed by atoms with Crippen molar-refractivity contribution in [2.75, 3.05) is 23.8 Å². The molecule has 2 aromatic heterocycles. The van der Waals surface area contributed by atoms with E-state index in [1.807, 2.05) is 19.9 Å². The molecule has 0 aliphatic carbocycles. The molecule has 3 atom stereocenters. The molecule has 19 heteroatoms.